The zero-order valence-electron chi connectivity index (χ0n) is 11.7. The van der Waals surface area contributed by atoms with Crippen molar-refractivity contribution in [3.63, 3.8) is 0 Å². The second kappa shape index (κ2) is 5.82. The number of hydrogen-bond donors (Lipinski definition) is 1. The molecule has 1 saturated carbocycles. The molecule has 1 aromatic carbocycles. The number of benzene rings is 1. The van der Waals surface area contributed by atoms with Crippen molar-refractivity contribution in [1.29, 1.82) is 0 Å². The number of rotatable bonds is 2. The Morgan fingerprint density at radius 1 is 1.20 bits per heavy atom. The first kappa shape index (κ1) is 14.0. The summed E-state index contributed by atoms with van der Waals surface area (Å²) in [6.07, 6.45) is 4.17. The van der Waals surface area contributed by atoms with Gasteiger partial charge < -0.3 is 5.11 Å². The molecule has 0 spiro atoms. The van der Waals surface area contributed by atoms with Crippen LogP contribution >= 0.6 is 15.9 Å². The van der Waals surface area contributed by atoms with E-state index in [1.165, 1.54) is 12.8 Å². The predicted molar refractivity (Wildman–Crippen MR) is 85.5 cm³/mol. The Bertz CT molecular complexity index is 605. The molecule has 2 nitrogen and oxygen atoms in total. The summed E-state index contributed by atoms with van der Waals surface area (Å²) >= 11 is 3.57. The summed E-state index contributed by atoms with van der Waals surface area (Å²) in [7, 11) is 0. The molecule has 0 aliphatic heterocycles. The number of pyridine rings is 1. The van der Waals surface area contributed by atoms with E-state index in [4.69, 9.17) is 0 Å². The SMILES string of the molecule is CC1CCC(C(O)c2nc3ccccc3cc2Br)CC1. The van der Waals surface area contributed by atoms with Gasteiger partial charge in [-0.05, 0) is 52.7 Å². The number of halogens is 1. The largest absolute Gasteiger partial charge is 0.386 e. The summed E-state index contributed by atoms with van der Waals surface area (Å²) in [5, 5.41) is 11.8. The van der Waals surface area contributed by atoms with Gasteiger partial charge in [-0.25, -0.2) is 4.98 Å². The summed E-state index contributed by atoms with van der Waals surface area (Å²) in [4.78, 5) is 4.67. The fourth-order valence-electron chi connectivity index (χ4n) is 3.14. The number of aliphatic hydroxyl groups excluding tert-OH is 1. The monoisotopic (exact) mass is 333 g/mol. The highest BCUT2D eigenvalue weighted by Crippen LogP contribution is 2.38. The zero-order valence-corrected chi connectivity index (χ0v) is 13.3. The van der Waals surface area contributed by atoms with Crippen molar-refractivity contribution >= 4 is 26.8 Å². The van der Waals surface area contributed by atoms with Gasteiger partial charge in [0.05, 0.1) is 17.3 Å². The molecule has 2 aromatic rings. The van der Waals surface area contributed by atoms with E-state index >= 15 is 0 Å². The number of fused-ring (bicyclic) bond motifs is 1. The van der Waals surface area contributed by atoms with E-state index in [1.807, 2.05) is 24.3 Å². The molecule has 3 heteroatoms. The smallest absolute Gasteiger partial charge is 0.0999 e. The van der Waals surface area contributed by atoms with Crippen molar-refractivity contribution < 1.29 is 5.11 Å². The van der Waals surface area contributed by atoms with Gasteiger partial charge in [-0.15, -0.1) is 0 Å². The first-order valence-corrected chi connectivity index (χ1v) is 8.17. The highest BCUT2D eigenvalue weighted by Gasteiger charge is 2.28. The van der Waals surface area contributed by atoms with Crippen LogP contribution in [-0.2, 0) is 0 Å². The molecule has 106 valence electrons. The van der Waals surface area contributed by atoms with Crippen LogP contribution < -0.4 is 0 Å². The van der Waals surface area contributed by atoms with Crippen LogP contribution in [0.2, 0.25) is 0 Å². The van der Waals surface area contributed by atoms with Crippen LogP contribution in [0.1, 0.15) is 44.4 Å². The lowest BCUT2D eigenvalue weighted by molar-refractivity contribution is 0.0718. The summed E-state index contributed by atoms with van der Waals surface area (Å²) < 4.78 is 0.919. The van der Waals surface area contributed by atoms with Crippen molar-refractivity contribution in [3.05, 3.63) is 40.5 Å². The van der Waals surface area contributed by atoms with Gasteiger partial charge >= 0.3 is 0 Å². The maximum absolute atomic E-state index is 10.7. The highest BCUT2D eigenvalue weighted by atomic mass is 79.9. The molecule has 1 fully saturated rings. The molecular formula is C17H20BrNO. The molecule has 1 aromatic heterocycles. The Kier molecular flexibility index (Phi) is 4.08. The van der Waals surface area contributed by atoms with Gasteiger partial charge in [-0.3, -0.25) is 0 Å². The summed E-state index contributed by atoms with van der Waals surface area (Å²) in [5.74, 6) is 1.14. The summed E-state index contributed by atoms with van der Waals surface area (Å²) in [6.45, 7) is 2.30. The van der Waals surface area contributed by atoms with Crippen molar-refractivity contribution in [1.82, 2.24) is 4.98 Å². The fraction of sp³-hybridized carbons (Fsp3) is 0.471. The molecule has 1 heterocycles. The van der Waals surface area contributed by atoms with Crippen LogP contribution in [0.15, 0.2) is 34.8 Å². The first-order chi connectivity index (χ1) is 9.65. The Labute approximate surface area is 128 Å². The standard InChI is InChI=1S/C17H20BrNO/c1-11-6-8-12(9-7-11)17(20)16-14(18)10-13-4-2-3-5-15(13)19-16/h2-5,10-12,17,20H,6-9H2,1H3. The van der Waals surface area contributed by atoms with E-state index in [9.17, 15) is 5.11 Å². The van der Waals surface area contributed by atoms with Gasteiger partial charge in [-0.1, -0.05) is 38.0 Å². The lowest BCUT2D eigenvalue weighted by Gasteiger charge is -2.30. The minimum atomic E-state index is -0.457. The third-order valence-electron chi connectivity index (χ3n) is 4.49. The zero-order chi connectivity index (χ0) is 14.1. The Hall–Kier alpha value is -0.930. The molecule has 0 radical (unpaired) electrons. The molecule has 0 bridgehead atoms. The second-order valence-corrected chi connectivity index (χ2v) is 6.87. The van der Waals surface area contributed by atoms with Crippen molar-refractivity contribution in [2.24, 2.45) is 11.8 Å². The maximum atomic E-state index is 10.7. The first-order valence-electron chi connectivity index (χ1n) is 7.38. The third-order valence-corrected chi connectivity index (χ3v) is 5.13. The number of para-hydroxylation sites is 1. The van der Waals surface area contributed by atoms with E-state index < -0.39 is 6.10 Å². The third kappa shape index (κ3) is 2.75. The Morgan fingerprint density at radius 2 is 1.90 bits per heavy atom. The lowest BCUT2D eigenvalue weighted by Crippen LogP contribution is -2.20. The van der Waals surface area contributed by atoms with E-state index in [0.29, 0.717) is 5.92 Å². The molecule has 0 amide bonds. The minimum absolute atomic E-state index is 0.344. The predicted octanol–water partition coefficient (Wildman–Crippen LogP) is 4.86. The van der Waals surface area contributed by atoms with Gasteiger partial charge in [0.25, 0.3) is 0 Å². The van der Waals surface area contributed by atoms with Gasteiger partial charge in [-0.2, -0.15) is 0 Å². The number of aromatic nitrogens is 1. The van der Waals surface area contributed by atoms with Gasteiger partial charge in [0, 0.05) is 9.86 Å². The summed E-state index contributed by atoms with van der Waals surface area (Å²) in [6, 6.07) is 10.1. The molecule has 1 aliphatic carbocycles. The van der Waals surface area contributed by atoms with Crippen molar-refractivity contribution in [3.8, 4) is 0 Å². The van der Waals surface area contributed by atoms with E-state index in [0.717, 1.165) is 39.8 Å². The molecule has 3 rings (SSSR count). The normalized spacial score (nSPS) is 24.8. The van der Waals surface area contributed by atoms with E-state index in [1.54, 1.807) is 0 Å². The quantitative estimate of drug-likeness (QED) is 0.851. The molecule has 20 heavy (non-hydrogen) atoms. The number of hydrogen-bond acceptors (Lipinski definition) is 2. The maximum Gasteiger partial charge on any atom is 0.0999 e. The molecule has 1 unspecified atom stereocenters. The van der Waals surface area contributed by atoms with E-state index in [-0.39, 0.29) is 0 Å². The molecule has 0 saturated heterocycles. The fourth-order valence-corrected chi connectivity index (χ4v) is 3.71. The van der Waals surface area contributed by atoms with Crippen LogP contribution in [0.25, 0.3) is 10.9 Å². The second-order valence-electron chi connectivity index (χ2n) is 6.01. The van der Waals surface area contributed by atoms with Crippen LogP contribution in [0.4, 0.5) is 0 Å². The van der Waals surface area contributed by atoms with Crippen LogP contribution in [-0.4, -0.2) is 10.1 Å². The lowest BCUT2D eigenvalue weighted by atomic mass is 9.79. The molecule has 1 aliphatic rings. The summed E-state index contributed by atoms with van der Waals surface area (Å²) in [5.41, 5.74) is 1.75. The average Bonchev–Trinajstić information content (AvgIpc) is 2.46. The van der Waals surface area contributed by atoms with Gasteiger partial charge in [0.1, 0.15) is 0 Å². The van der Waals surface area contributed by atoms with Gasteiger partial charge in [0.2, 0.25) is 0 Å². The Balaban J connectivity index is 1.90. The van der Waals surface area contributed by atoms with Crippen molar-refractivity contribution in [2.75, 3.05) is 0 Å². The number of aliphatic hydroxyl groups is 1. The van der Waals surface area contributed by atoms with Crippen molar-refractivity contribution in [2.45, 2.75) is 38.7 Å². The van der Waals surface area contributed by atoms with Crippen LogP contribution in [0.3, 0.4) is 0 Å². The Morgan fingerprint density at radius 3 is 2.65 bits per heavy atom. The average molecular weight is 334 g/mol. The molecule has 1 atom stereocenters. The highest BCUT2D eigenvalue weighted by molar-refractivity contribution is 9.10. The van der Waals surface area contributed by atoms with Gasteiger partial charge in [0.15, 0.2) is 0 Å². The van der Waals surface area contributed by atoms with Crippen LogP contribution in [0, 0.1) is 11.8 Å². The van der Waals surface area contributed by atoms with Crippen LogP contribution in [0.5, 0.6) is 0 Å². The number of nitrogens with zero attached hydrogens (tertiary/aromatic N) is 1. The molecule has 1 N–H and O–H groups in total. The van der Waals surface area contributed by atoms with E-state index in [2.05, 4.69) is 33.9 Å². The molecular weight excluding hydrogens is 314 g/mol. The topological polar surface area (TPSA) is 33.1 Å². The minimum Gasteiger partial charge on any atom is -0.386 e.